The summed E-state index contributed by atoms with van der Waals surface area (Å²) in [7, 11) is 0. The van der Waals surface area contributed by atoms with Crippen LogP contribution in [0.25, 0.3) is 22.3 Å². The minimum Gasteiger partial charge on any atom is -0.310 e. The fraction of sp³-hybridized carbons (Fsp3) is 0.434. The normalized spacial score (nSPS) is 23.6. The summed E-state index contributed by atoms with van der Waals surface area (Å²) in [6.45, 7) is 4.85. The van der Waals surface area contributed by atoms with E-state index < -0.39 is 0 Å². The lowest BCUT2D eigenvalue weighted by atomic mass is 9.63. The minimum atomic E-state index is -0.0787. The van der Waals surface area contributed by atoms with E-state index in [1.807, 2.05) is 0 Å². The standard InChI is InChI=1S/C53H59N/c1-53(2)51-32-25-44(41-19-17-39(18-20-41)37-9-5-3-6-10-37)34-50(51)48-31-30-47(35-52(48)53)54(45-26-21-40(22-27-45)38-11-7-4-8-12-38)46-28-23-43(24-29-46)49-33-36-13-15-42(49)16-14-36/h17-32,34-38,42,49H,3-16,33H2,1-2H3. The number of fused-ring (bicyclic) bond motifs is 6. The van der Waals surface area contributed by atoms with Crippen molar-refractivity contribution < 1.29 is 0 Å². The molecule has 0 N–H and O–H groups in total. The molecule has 0 amide bonds. The van der Waals surface area contributed by atoms with Crippen molar-refractivity contribution >= 4 is 17.1 Å². The van der Waals surface area contributed by atoms with Gasteiger partial charge in [-0.3, -0.25) is 0 Å². The Morgan fingerprint density at radius 3 is 1.56 bits per heavy atom. The maximum absolute atomic E-state index is 2.53. The first-order chi connectivity index (χ1) is 26.5. The van der Waals surface area contributed by atoms with Gasteiger partial charge in [-0.1, -0.05) is 132 Å². The number of hydrogen-bond donors (Lipinski definition) is 0. The van der Waals surface area contributed by atoms with Crippen LogP contribution in [0.2, 0.25) is 0 Å². The zero-order valence-corrected chi connectivity index (χ0v) is 32.8. The van der Waals surface area contributed by atoms with E-state index in [2.05, 4.69) is 128 Å². The molecule has 5 saturated carbocycles. The number of hydrogen-bond acceptors (Lipinski definition) is 1. The van der Waals surface area contributed by atoms with Crippen LogP contribution in [0.1, 0.15) is 156 Å². The Morgan fingerprint density at radius 1 is 0.444 bits per heavy atom. The highest BCUT2D eigenvalue weighted by molar-refractivity contribution is 5.87. The second-order valence-corrected chi connectivity index (χ2v) is 18.5. The van der Waals surface area contributed by atoms with Gasteiger partial charge in [-0.15, -0.1) is 0 Å². The van der Waals surface area contributed by atoms with Crippen molar-refractivity contribution in [3.8, 4) is 22.3 Å². The molecule has 54 heavy (non-hydrogen) atoms. The van der Waals surface area contributed by atoms with Crippen molar-refractivity contribution in [1.82, 2.24) is 0 Å². The first kappa shape index (κ1) is 34.4. The molecule has 6 aliphatic rings. The largest absolute Gasteiger partial charge is 0.310 e. The Bertz CT molecular complexity index is 2080. The third-order valence-corrected chi connectivity index (χ3v) is 15.1. The van der Waals surface area contributed by atoms with Gasteiger partial charge in [-0.05, 0) is 167 Å². The Kier molecular flexibility index (Phi) is 9.04. The summed E-state index contributed by atoms with van der Waals surface area (Å²) in [5.41, 5.74) is 16.6. The van der Waals surface area contributed by atoms with Crippen molar-refractivity contribution in [1.29, 1.82) is 0 Å². The van der Waals surface area contributed by atoms with Crippen LogP contribution in [0.5, 0.6) is 0 Å². The van der Waals surface area contributed by atoms with Gasteiger partial charge in [-0.25, -0.2) is 0 Å². The van der Waals surface area contributed by atoms with Gasteiger partial charge in [-0.2, -0.15) is 0 Å². The molecule has 276 valence electrons. The molecule has 0 aromatic heterocycles. The van der Waals surface area contributed by atoms with Gasteiger partial charge in [0.1, 0.15) is 0 Å². The Morgan fingerprint density at radius 2 is 0.981 bits per heavy atom. The minimum absolute atomic E-state index is 0.0787. The molecular formula is C53H59N. The highest BCUT2D eigenvalue weighted by Crippen LogP contribution is 2.53. The molecule has 5 fully saturated rings. The average Bonchev–Trinajstić information content (AvgIpc) is 3.47. The smallest absolute Gasteiger partial charge is 0.0465 e. The van der Waals surface area contributed by atoms with Crippen LogP contribution >= 0.6 is 0 Å². The molecule has 11 rings (SSSR count). The summed E-state index contributed by atoms with van der Waals surface area (Å²) >= 11 is 0. The van der Waals surface area contributed by atoms with Crippen LogP contribution in [-0.4, -0.2) is 0 Å². The molecule has 0 spiro atoms. The number of anilines is 3. The number of nitrogens with zero attached hydrogens (tertiary/aromatic N) is 1. The van der Waals surface area contributed by atoms with Crippen LogP contribution in [0.3, 0.4) is 0 Å². The molecule has 2 bridgehead atoms. The lowest BCUT2D eigenvalue weighted by Gasteiger charge is -2.42. The van der Waals surface area contributed by atoms with E-state index in [1.165, 1.54) is 158 Å². The lowest BCUT2D eigenvalue weighted by Crippen LogP contribution is -2.29. The molecule has 0 radical (unpaired) electrons. The van der Waals surface area contributed by atoms with E-state index in [4.69, 9.17) is 0 Å². The Hall–Kier alpha value is -4.10. The van der Waals surface area contributed by atoms with Crippen molar-refractivity contribution in [2.75, 3.05) is 4.90 Å². The molecule has 1 atom stereocenters. The molecule has 1 unspecified atom stereocenters. The van der Waals surface area contributed by atoms with Crippen molar-refractivity contribution in [3.63, 3.8) is 0 Å². The summed E-state index contributed by atoms with van der Waals surface area (Å²) in [4.78, 5) is 2.53. The molecule has 0 aliphatic heterocycles. The summed E-state index contributed by atoms with van der Waals surface area (Å²) < 4.78 is 0. The van der Waals surface area contributed by atoms with Crippen LogP contribution in [0.4, 0.5) is 17.1 Å². The third kappa shape index (κ3) is 6.24. The van der Waals surface area contributed by atoms with E-state index in [1.54, 1.807) is 5.56 Å². The second kappa shape index (κ2) is 14.2. The SMILES string of the molecule is CC1(C)c2ccc(-c3ccc(C4CCCCC4)cc3)cc2-c2ccc(N(c3ccc(C4CCCCC4)cc3)c3ccc(C4CC5CCC4CC5)cc3)cc21. The molecule has 6 aliphatic carbocycles. The Labute approximate surface area is 325 Å². The van der Waals surface area contributed by atoms with Gasteiger partial charge in [0.15, 0.2) is 0 Å². The second-order valence-electron chi connectivity index (χ2n) is 18.5. The first-order valence-corrected chi connectivity index (χ1v) is 21.9. The molecule has 1 heteroatoms. The molecule has 1 nitrogen and oxygen atoms in total. The lowest BCUT2D eigenvalue weighted by molar-refractivity contribution is 0.145. The predicted molar refractivity (Wildman–Crippen MR) is 229 cm³/mol. The van der Waals surface area contributed by atoms with E-state index in [0.717, 1.165) is 23.7 Å². The van der Waals surface area contributed by atoms with E-state index in [9.17, 15) is 0 Å². The highest BCUT2D eigenvalue weighted by atomic mass is 15.1. The molecule has 0 saturated heterocycles. The molecular weight excluding hydrogens is 651 g/mol. The van der Waals surface area contributed by atoms with Gasteiger partial charge in [0.2, 0.25) is 0 Å². The zero-order valence-electron chi connectivity index (χ0n) is 32.8. The fourth-order valence-corrected chi connectivity index (χ4v) is 11.9. The quantitative estimate of drug-likeness (QED) is 0.163. The number of benzene rings is 5. The summed E-state index contributed by atoms with van der Waals surface area (Å²) in [5.74, 6) is 4.03. The average molecular weight is 710 g/mol. The van der Waals surface area contributed by atoms with Gasteiger partial charge in [0, 0.05) is 22.5 Å². The van der Waals surface area contributed by atoms with E-state index in [-0.39, 0.29) is 5.41 Å². The van der Waals surface area contributed by atoms with Gasteiger partial charge < -0.3 is 4.90 Å². The monoisotopic (exact) mass is 709 g/mol. The third-order valence-electron chi connectivity index (χ3n) is 15.1. The topological polar surface area (TPSA) is 3.24 Å². The van der Waals surface area contributed by atoms with E-state index in [0.29, 0.717) is 5.92 Å². The summed E-state index contributed by atoms with van der Waals surface area (Å²) in [6.07, 6.45) is 20.8. The molecule has 5 aromatic rings. The number of rotatable bonds is 7. The van der Waals surface area contributed by atoms with E-state index >= 15 is 0 Å². The van der Waals surface area contributed by atoms with Crippen molar-refractivity contribution in [2.45, 2.75) is 133 Å². The summed E-state index contributed by atoms with van der Waals surface area (Å²) in [5, 5.41) is 0. The molecule has 5 aromatic carbocycles. The van der Waals surface area contributed by atoms with Crippen LogP contribution in [-0.2, 0) is 5.41 Å². The maximum Gasteiger partial charge on any atom is 0.0465 e. The van der Waals surface area contributed by atoms with Crippen LogP contribution < -0.4 is 4.90 Å². The highest BCUT2D eigenvalue weighted by Gasteiger charge is 2.38. The zero-order chi connectivity index (χ0) is 36.2. The Balaban J connectivity index is 0.992. The van der Waals surface area contributed by atoms with Crippen LogP contribution in [0, 0.1) is 11.8 Å². The van der Waals surface area contributed by atoms with Crippen molar-refractivity contribution in [3.05, 3.63) is 137 Å². The fourth-order valence-electron chi connectivity index (χ4n) is 11.9. The summed E-state index contributed by atoms with van der Waals surface area (Å²) in [6, 6.07) is 43.6. The van der Waals surface area contributed by atoms with Crippen molar-refractivity contribution in [2.24, 2.45) is 11.8 Å². The maximum atomic E-state index is 2.53. The van der Waals surface area contributed by atoms with Gasteiger partial charge >= 0.3 is 0 Å². The van der Waals surface area contributed by atoms with Crippen LogP contribution in [0.15, 0.2) is 109 Å². The van der Waals surface area contributed by atoms with Gasteiger partial charge in [0.05, 0.1) is 0 Å². The first-order valence-electron chi connectivity index (χ1n) is 21.9. The van der Waals surface area contributed by atoms with Gasteiger partial charge in [0.25, 0.3) is 0 Å². The predicted octanol–water partition coefficient (Wildman–Crippen LogP) is 15.5. The molecule has 0 heterocycles.